The fourth-order valence-corrected chi connectivity index (χ4v) is 1.52. The molecule has 0 fully saturated rings. The van der Waals surface area contributed by atoms with Crippen molar-refractivity contribution < 1.29 is 14.3 Å². The van der Waals surface area contributed by atoms with Crippen molar-refractivity contribution in [3.8, 4) is 5.75 Å². The molecule has 1 N–H and O–H groups in total. The molecule has 0 aromatic heterocycles. The molecule has 0 aliphatic rings. The summed E-state index contributed by atoms with van der Waals surface area (Å²) in [6.45, 7) is 3.89. The number of anilines is 1. The molecular weight excluding hydrogens is 298 g/mol. The molecule has 0 aliphatic heterocycles. The number of rotatable bonds is 6. The number of hydrogen-bond acceptors (Lipinski definition) is 3. The highest BCUT2D eigenvalue weighted by Gasteiger charge is 2.08. The van der Waals surface area contributed by atoms with Crippen molar-refractivity contribution in [2.75, 3.05) is 10.6 Å². The first-order valence-corrected chi connectivity index (χ1v) is 6.77. The van der Waals surface area contributed by atoms with Gasteiger partial charge in [0.1, 0.15) is 5.75 Å². The topological polar surface area (TPSA) is 55.4 Å². The van der Waals surface area contributed by atoms with Crippen molar-refractivity contribution in [1.82, 2.24) is 0 Å². The van der Waals surface area contributed by atoms with E-state index >= 15 is 0 Å². The van der Waals surface area contributed by atoms with E-state index in [1.165, 1.54) is 0 Å². The second kappa shape index (κ2) is 7.16. The summed E-state index contributed by atoms with van der Waals surface area (Å²) in [6.07, 6.45) is -0.00262. The zero-order chi connectivity index (χ0) is 13.5. The summed E-state index contributed by atoms with van der Waals surface area (Å²) in [6, 6.07) is 7.05. The van der Waals surface area contributed by atoms with Crippen LogP contribution in [0, 0.1) is 0 Å². The summed E-state index contributed by atoms with van der Waals surface area (Å²) in [5, 5.41) is 2.85. The van der Waals surface area contributed by atoms with Gasteiger partial charge in [-0.05, 0) is 38.1 Å². The van der Waals surface area contributed by atoms with Crippen molar-refractivity contribution in [2.45, 2.75) is 26.4 Å². The van der Waals surface area contributed by atoms with Crippen molar-refractivity contribution >= 4 is 33.3 Å². The molecule has 18 heavy (non-hydrogen) atoms. The van der Waals surface area contributed by atoms with Gasteiger partial charge in [0, 0.05) is 5.69 Å². The van der Waals surface area contributed by atoms with Gasteiger partial charge in [-0.2, -0.15) is 0 Å². The summed E-state index contributed by atoms with van der Waals surface area (Å²) in [4.78, 5) is 22.5. The normalized spacial score (nSPS) is 10.2. The molecule has 0 atom stereocenters. The third-order valence-electron chi connectivity index (χ3n) is 2.02. The van der Waals surface area contributed by atoms with Gasteiger partial charge in [-0.15, -0.1) is 0 Å². The number of carbonyl (C=O) groups is 2. The minimum atomic E-state index is -0.308. The highest BCUT2D eigenvalue weighted by Crippen LogP contribution is 2.17. The van der Waals surface area contributed by atoms with Gasteiger partial charge in [0.05, 0.1) is 17.9 Å². The van der Waals surface area contributed by atoms with Crippen LogP contribution in [0.1, 0.15) is 20.3 Å². The maximum atomic E-state index is 11.5. The zero-order valence-electron chi connectivity index (χ0n) is 10.4. The van der Waals surface area contributed by atoms with E-state index in [4.69, 9.17) is 4.74 Å². The van der Waals surface area contributed by atoms with E-state index < -0.39 is 0 Å². The van der Waals surface area contributed by atoms with Crippen LogP contribution in [0.5, 0.6) is 5.75 Å². The van der Waals surface area contributed by atoms with E-state index in [1.807, 2.05) is 13.8 Å². The van der Waals surface area contributed by atoms with E-state index in [1.54, 1.807) is 24.3 Å². The van der Waals surface area contributed by atoms with Gasteiger partial charge in [0.25, 0.3) is 0 Å². The number of Topliss-reactive ketones (excluding diaryl/α,β-unsaturated/α-hetero) is 1. The van der Waals surface area contributed by atoms with Crippen LogP contribution in [0.3, 0.4) is 0 Å². The van der Waals surface area contributed by atoms with Crippen LogP contribution in [-0.2, 0) is 9.59 Å². The molecular formula is C13H16BrNO3. The van der Waals surface area contributed by atoms with Crippen LogP contribution in [0.2, 0.25) is 0 Å². The van der Waals surface area contributed by atoms with Crippen molar-refractivity contribution in [1.29, 1.82) is 0 Å². The predicted octanol–water partition coefficient (Wildman–Crippen LogP) is 2.77. The molecule has 0 aliphatic carbocycles. The SMILES string of the molecule is CC(C)Oc1ccc(NC(=O)CC(=O)CBr)cc1. The third kappa shape index (κ3) is 5.31. The largest absolute Gasteiger partial charge is 0.491 e. The molecule has 4 nitrogen and oxygen atoms in total. The fraction of sp³-hybridized carbons (Fsp3) is 0.385. The van der Waals surface area contributed by atoms with Crippen molar-refractivity contribution in [2.24, 2.45) is 0 Å². The smallest absolute Gasteiger partial charge is 0.231 e. The van der Waals surface area contributed by atoms with Crippen LogP contribution in [0.25, 0.3) is 0 Å². The third-order valence-corrected chi connectivity index (χ3v) is 2.64. The zero-order valence-corrected chi connectivity index (χ0v) is 12.0. The number of ketones is 1. The summed E-state index contributed by atoms with van der Waals surface area (Å²) >= 11 is 3.02. The molecule has 1 aromatic rings. The van der Waals surface area contributed by atoms with Crippen LogP contribution >= 0.6 is 15.9 Å². The van der Waals surface area contributed by atoms with Gasteiger partial charge in [0.2, 0.25) is 5.91 Å². The Kier molecular flexibility index (Phi) is 5.85. The summed E-state index contributed by atoms with van der Waals surface area (Å²) in [5.41, 5.74) is 0.651. The van der Waals surface area contributed by atoms with Crippen LogP contribution < -0.4 is 10.1 Å². The molecule has 0 saturated heterocycles. The Morgan fingerprint density at radius 3 is 2.39 bits per heavy atom. The first-order valence-electron chi connectivity index (χ1n) is 5.65. The molecule has 0 heterocycles. The van der Waals surface area contributed by atoms with Gasteiger partial charge >= 0.3 is 0 Å². The minimum absolute atomic E-state index is 0.113. The molecule has 0 unspecified atom stereocenters. The molecule has 5 heteroatoms. The summed E-state index contributed by atoms with van der Waals surface area (Å²) < 4.78 is 5.48. The molecule has 1 amide bonds. The molecule has 0 bridgehead atoms. The van der Waals surface area contributed by atoms with Gasteiger partial charge < -0.3 is 10.1 Å². The van der Waals surface area contributed by atoms with Crippen LogP contribution in [-0.4, -0.2) is 23.1 Å². The van der Waals surface area contributed by atoms with Crippen molar-refractivity contribution in [3.05, 3.63) is 24.3 Å². The molecule has 0 spiro atoms. The van der Waals surface area contributed by atoms with E-state index in [9.17, 15) is 9.59 Å². The Morgan fingerprint density at radius 2 is 1.89 bits per heavy atom. The molecule has 0 saturated carbocycles. The number of nitrogens with one attached hydrogen (secondary N) is 1. The molecule has 1 rings (SSSR count). The van der Waals surface area contributed by atoms with Crippen LogP contribution in [0.15, 0.2) is 24.3 Å². The van der Waals surface area contributed by atoms with Gasteiger partial charge in [-0.25, -0.2) is 0 Å². The number of halogens is 1. The van der Waals surface area contributed by atoms with E-state index in [0.717, 1.165) is 5.75 Å². The average molecular weight is 314 g/mol. The lowest BCUT2D eigenvalue weighted by Gasteiger charge is -2.10. The number of carbonyl (C=O) groups excluding carboxylic acids is 2. The number of amides is 1. The second-order valence-corrected chi connectivity index (χ2v) is 4.65. The Balaban J connectivity index is 2.53. The highest BCUT2D eigenvalue weighted by atomic mass is 79.9. The van der Waals surface area contributed by atoms with Crippen molar-refractivity contribution in [3.63, 3.8) is 0 Å². The van der Waals surface area contributed by atoms with E-state index in [2.05, 4.69) is 21.2 Å². The lowest BCUT2D eigenvalue weighted by Crippen LogP contribution is -2.16. The Morgan fingerprint density at radius 1 is 1.28 bits per heavy atom. The number of alkyl halides is 1. The lowest BCUT2D eigenvalue weighted by atomic mass is 10.2. The quantitative estimate of drug-likeness (QED) is 0.649. The minimum Gasteiger partial charge on any atom is -0.491 e. The second-order valence-electron chi connectivity index (χ2n) is 4.09. The Labute approximate surface area is 115 Å². The van der Waals surface area contributed by atoms with E-state index in [0.29, 0.717) is 5.69 Å². The van der Waals surface area contributed by atoms with Gasteiger partial charge in [-0.3, -0.25) is 9.59 Å². The average Bonchev–Trinajstić information content (AvgIpc) is 2.30. The van der Waals surface area contributed by atoms with Crippen LogP contribution in [0.4, 0.5) is 5.69 Å². The Hall–Kier alpha value is -1.36. The van der Waals surface area contributed by atoms with Gasteiger partial charge in [-0.1, -0.05) is 15.9 Å². The summed E-state index contributed by atoms with van der Waals surface area (Å²) in [5.74, 6) is 0.295. The predicted molar refractivity (Wildman–Crippen MR) is 74.3 cm³/mol. The lowest BCUT2D eigenvalue weighted by molar-refractivity contribution is -0.123. The molecule has 0 radical (unpaired) electrons. The number of ether oxygens (including phenoxy) is 1. The first-order chi connectivity index (χ1) is 8.51. The number of benzene rings is 1. The highest BCUT2D eigenvalue weighted by molar-refractivity contribution is 9.09. The van der Waals surface area contributed by atoms with Gasteiger partial charge in [0.15, 0.2) is 5.78 Å². The fourth-order valence-electron chi connectivity index (χ4n) is 1.32. The monoisotopic (exact) mass is 313 g/mol. The number of hydrogen-bond donors (Lipinski definition) is 1. The molecule has 98 valence electrons. The maximum absolute atomic E-state index is 11.5. The first kappa shape index (κ1) is 14.7. The molecule has 1 aromatic carbocycles. The maximum Gasteiger partial charge on any atom is 0.231 e. The standard InChI is InChI=1S/C13H16BrNO3/c1-9(2)18-12-5-3-10(4-6-12)15-13(17)7-11(16)8-14/h3-6,9H,7-8H2,1-2H3,(H,15,17). The van der Waals surface area contributed by atoms with E-state index in [-0.39, 0.29) is 29.5 Å². The Bertz CT molecular complexity index is 415. The summed E-state index contributed by atoms with van der Waals surface area (Å²) in [7, 11) is 0.